The highest BCUT2D eigenvalue weighted by Gasteiger charge is 2.32. The van der Waals surface area contributed by atoms with Crippen LogP contribution in [-0.4, -0.2) is 75.8 Å². The van der Waals surface area contributed by atoms with Gasteiger partial charge < -0.3 is 32.3 Å². The van der Waals surface area contributed by atoms with E-state index in [1.54, 1.807) is 35.2 Å². The molecule has 14 heteroatoms. The number of benzene rings is 2. The molecular weight excluding hydrogens is 572 g/mol. The number of piperidine rings is 1. The molecule has 0 radical (unpaired) electrons. The lowest BCUT2D eigenvalue weighted by atomic mass is 9.93. The Balaban J connectivity index is 1.76. The number of carbonyl (C=O) groups excluding carboxylic acids is 3. The Hall–Kier alpha value is -4.01. The topological polar surface area (TPSA) is 213 Å². The number of nitrogens with zero attached hydrogens (tertiary/aromatic N) is 1. The molecule has 2 aromatic carbocycles. The van der Waals surface area contributed by atoms with Gasteiger partial charge in [0.05, 0.1) is 4.90 Å². The maximum absolute atomic E-state index is 13.8. The number of amidine groups is 1. The van der Waals surface area contributed by atoms with Gasteiger partial charge in [-0.2, -0.15) is 4.72 Å². The second kappa shape index (κ2) is 16.0. The lowest BCUT2D eigenvalue weighted by Gasteiger charge is -2.34. The third-order valence-electron chi connectivity index (χ3n) is 7.17. The Morgan fingerprint density at radius 1 is 1.07 bits per heavy atom. The first-order valence-corrected chi connectivity index (χ1v) is 15.9. The zero-order chi connectivity index (χ0) is 31.4. The van der Waals surface area contributed by atoms with Crippen LogP contribution >= 0.6 is 0 Å². The van der Waals surface area contributed by atoms with Gasteiger partial charge in [-0.05, 0) is 68.4 Å². The molecule has 0 spiro atoms. The fraction of sp³-hybridized carbons (Fsp3) is 0.448. The van der Waals surface area contributed by atoms with Crippen LogP contribution < -0.4 is 32.1 Å². The average molecular weight is 615 g/mol. The Morgan fingerprint density at radius 2 is 1.79 bits per heavy atom. The highest BCUT2D eigenvalue weighted by atomic mass is 32.2. The summed E-state index contributed by atoms with van der Waals surface area (Å²) in [6.45, 7) is 4.00. The minimum absolute atomic E-state index is 0.0441. The van der Waals surface area contributed by atoms with Crippen LogP contribution in [0.5, 0.6) is 0 Å². The Bertz CT molecular complexity index is 1390. The van der Waals surface area contributed by atoms with E-state index in [1.165, 1.54) is 18.2 Å². The van der Waals surface area contributed by atoms with E-state index in [0.717, 1.165) is 19.3 Å². The van der Waals surface area contributed by atoms with E-state index in [4.69, 9.17) is 16.9 Å². The molecule has 3 rings (SSSR count). The van der Waals surface area contributed by atoms with Crippen molar-refractivity contribution in [2.24, 2.45) is 17.4 Å². The van der Waals surface area contributed by atoms with Crippen molar-refractivity contribution in [3.63, 3.8) is 0 Å². The van der Waals surface area contributed by atoms with E-state index in [0.29, 0.717) is 48.9 Å². The molecule has 13 nitrogen and oxygen atoms in total. The van der Waals surface area contributed by atoms with Crippen LogP contribution in [0.3, 0.4) is 0 Å². The molecular formula is C29H42N8O5S. The fourth-order valence-corrected chi connectivity index (χ4v) is 6.14. The number of likely N-dealkylation sites (tertiary alicyclic amines) is 1. The number of nitrogen functional groups attached to an aromatic ring is 1. The van der Waals surface area contributed by atoms with Gasteiger partial charge in [-0.3, -0.25) is 15.0 Å². The summed E-state index contributed by atoms with van der Waals surface area (Å²) in [4.78, 5) is 39.0. The molecule has 0 aromatic heterocycles. The lowest BCUT2D eigenvalue weighted by molar-refractivity contribution is -0.134. The second-order valence-electron chi connectivity index (χ2n) is 10.5. The quantitative estimate of drug-likeness (QED) is 0.121. The van der Waals surface area contributed by atoms with Crippen molar-refractivity contribution in [3.8, 4) is 0 Å². The summed E-state index contributed by atoms with van der Waals surface area (Å²) in [6, 6.07) is 11.2. The Kier molecular flexibility index (Phi) is 12.5. The molecule has 1 fully saturated rings. The molecule has 1 saturated heterocycles. The van der Waals surface area contributed by atoms with Crippen LogP contribution in [0.25, 0.3) is 0 Å². The van der Waals surface area contributed by atoms with Crippen molar-refractivity contribution < 1.29 is 22.8 Å². The van der Waals surface area contributed by atoms with Gasteiger partial charge in [0.25, 0.3) is 0 Å². The van der Waals surface area contributed by atoms with Crippen LogP contribution in [0.4, 0.5) is 10.5 Å². The Labute approximate surface area is 252 Å². The summed E-state index contributed by atoms with van der Waals surface area (Å²) >= 11 is 0. The SMILES string of the molecule is CCNC(=O)NCCC1CCN(C(=O)[C@H](Cc2cccc(C(=N)N)c2)NS(=O)(=O)c2cccc(NC(=O)CCN)c2)CC1. The molecule has 234 valence electrons. The van der Waals surface area contributed by atoms with Gasteiger partial charge in [0.1, 0.15) is 11.9 Å². The molecule has 9 N–H and O–H groups in total. The van der Waals surface area contributed by atoms with Gasteiger partial charge >= 0.3 is 6.03 Å². The van der Waals surface area contributed by atoms with Crippen molar-refractivity contribution >= 4 is 39.4 Å². The zero-order valence-corrected chi connectivity index (χ0v) is 25.2. The summed E-state index contributed by atoms with van der Waals surface area (Å²) in [5, 5.41) is 15.9. The Morgan fingerprint density at radius 3 is 2.47 bits per heavy atom. The molecule has 1 aliphatic heterocycles. The van der Waals surface area contributed by atoms with Crippen molar-refractivity contribution in [1.82, 2.24) is 20.3 Å². The molecule has 0 saturated carbocycles. The van der Waals surface area contributed by atoms with Crippen LogP contribution in [0, 0.1) is 11.3 Å². The number of sulfonamides is 1. The first-order valence-electron chi connectivity index (χ1n) is 14.4. The number of nitrogens with two attached hydrogens (primary N) is 2. The van der Waals surface area contributed by atoms with Gasteiger partial charge in [-0.25, -0.2) is 13.2 Å². The highest BCUT2D eigenvalue weighted by Crippen LogP contribution is 2.22. The average Bonchev–Trinajstić information content (AvgIpc) is 2.97. The number of anilines is 1. The normalized spacial score (nSPS) is 14.5. The smallest absolute Gasteiger partial charge is 0.314 e. The van der Waals surface area contributed by atoms with Crippen LogP contribution in [-0.2, 0) is 26.0 Å². The van der Waals surface area contributed by atoms with E-state index in [1.807, 2.05) is 6.92 Å². The molecule has 0 aliphatic carbocycles. The van der Waals surface area contributed by atoms with Gasteiger partial charge in [-0.15, -0.1) is 0 Å². The number of urea groups is 1. The third kappa shape index (κ3) is 10.3. The zero-order valence-electron chi connectivity index (χ0n) is 24.4. The van der Waals surface area contributed by atoms with Gasteiger partial charge in [0, 0.05) is 50.4 Å². The van der Waals surface area contributed by atoms with Gasteiger partial charge in [0.15, 0.2) is 0 Å². The molecule has 43 heavy (non-hydrogen) atoms. The monoisotopic (exact) mass is 614 g/mol. The summed E-state index contributed by atoms with van der Waals surface area (Å²) in [7, 11) is -4.18. The predicted molar refractivity (Wildman–Crippen MR) is 165 cm³/mol. The van der Waals surface area contributed by atoms with Crippen LogP contribution in [0.15, 0.2) is 53.4 Å². The van der Waals surface area contributed by atoms with E-state index < -0.39 is 16.1 Å². The highest BCUT2D eigenvalue weighted by molar-refractivity contribution is 7.89. The molecule has 2 aromatic rings. The minimum Gasteiger partial charge on any atom is -0.384 e. The predicted octanol–water partition coefficient (Wildman–Crippen LogP) is 1.10. The molecule has 4 amide bonds. The molecule has 1 aliphatic rings. The number of rotatable bonds is 14. The third-order valence-corrected chi connectivity index (χ3v) is 8.64. The summed E-state index contributed by atoms with van der Waals surface area (Å²) < 4.78 is 29.6. The number of hydrogen-bond donors (Lipinski definition) is 7. The summed E-state index contributed by atoms with van der Waals surface area (Å²) in [6.07, 6.45) is 2.37. The van der Waals surface area contributed by atoms with Crippen LogP contribution in [0.2, 0.25) is 0 Å². The minimum atomic E-state index is -4.18. The lowest BCUT2D eigenvalue weighted by Crippen LogP contribution is -2.51. The van der Waals surface area contributed by atoms with Crippen molar-refractivity contribution in [2.45, 2.75) is 50.0 Å². The molecule has 0 bridgehead atoms. The number of hydrogen-bond acceptors (Lipinski definition) is 7. The van der Waals surface area contributed by atoms with Gasteiger partial charge in [0.2, 0.25) is 21.8 Å². The van der Waals surface area contributed by atoms with Crippen molar-refractivity contribution in [2.75, 3.05) is 38.0 Å². The summed E-state index contributed by atoms with van der Waals surface area (Å²) in [5.41, 5.74) is 12.5. The van der Waals surface area contributed by atoms with E-state index >= 15 is 0 Å². The maximum atomic E-state index is 13.8. The van der Waals surface area contributed by atoms with Crippen molar-refractivity contribution in [3.05, 3.63) is 59.7 Å². The molecule has 1 atom stereocenters. The molecule has 0 unspecified atom stereocenters. The molecule has 1 heterocycles. The van der Waals surface area contributed by atoms with Crippen LogP contribution in [0.1, 0.15) is 43.7 Å². The van der Waals surface area contributed by atoms with E-state index in [-0.39, 0.29) is 48.0 Å². The largest absolute Gasteiger partial charge is 0.384 e. The number of carbonyl (C=O) groups is 3. The first kappa shape index (κ1) is 33.5. The fourth-order valence-electron chi connectivity index (χ4n) is 4.91. The number of amides is 4. The standard InChI is InChI=1S/C29H42N8O5S/c1-2-33-29(40)34-14-10-20-11-15-37(16-12-20)28(39)25(18-21-5-3-6-22(17-21)27(31)32)36-43(41,42)24-8-4-7-23(19-24)35-26(38)9-13-30/h3-8,17,19-20,25,36H,2,9-16,18,30H2,1H3,(H3,31,32)(H,35,38)(H2,33,34,40)/t25-/m0/s1. The second-order valence-corrected chi connectivity index (χ2v) is 12.2. The number of nitrogens with one attached hydrogen (secondary N) is 5. The van der Waals surface area contributed by atoms with E-state index in [9.17, 15) is 22.8 Å². The van der Waals surface area contributed by atoms with E-state index in [2.05, 4.69) is 20.7 Å². The first-order chi connectivity index (χ1) is 20.5. The van der Waals surface area contributed by atoms with Crippen molar-refractivity contribution in [1.29, 1.82) is 5.41 Å². The maximum Gasteiger partial charge on any atom is 0.314 e. The summed E-state index contributed by atoms with van der Waals surface area (Å²) in [5.74, 6) is -0.511. The van der Waals surface area contributed by atoms with Gasteiger partial charge in [-0.1, -0.05) is 24.3 Å².